The third-order valence-corrected chi connectivity index (χ3v) is 17.4. The van der Waals surface area contributed by atoms with Crippen LogP contribution >= 0.6 is 0 Å². The van der Waals surface area contributed by atoms with Crippen molar-refractivity contribution in [2.75, 3.05) is 37.5 Å². The van der Waals surface area contributed by atoms with Crippen LogP contribution in [0.5, 0.6) is 0 Å². The molecular weight excluding hydrogens is 1040 g/mol. The first-order valence-corrected chi connectivity index (χ1v) is 29.6. The zero-order valence-corrected chi connectivity index (χ0v) is 44.1. The van der Waals surface area contributed by atoms with Gasteiger partial charge in [0.25, 0.3) is 40.5 Å². The van der Waals surface area contributed by atoms with Gasteiger partial charge in [-0.05, 0) is 102 Å². The first kappa shape index (κ1) is 57.8. The quantitative estimate of drug-likeness (QED) is 0.0225. The molecule has 19 nitrogen and oxygen atoms in total. The molecule has 0 aliphatic carbocycles. The van der Waals surface area contributed by atoms with E-state index in [2.05, 4.69) is 11.3 Å². The fourth-order valence-electron chi connectivity index (χ4n) is 9.16. The molecule has 4 aromatic rings. The molecule has 0 spiro atoms. The van der Waals surface area contributed by atoms with Gasteiger partial charge < -0.3 is 14.7 Å². The average molecular weight is 1100 g/mol. The van der Waals surface area contributed by atoms with Crippen molar-refractivity contribution in [3.05, 3.63) is 126 Å². The molecule has 0 fully saturated rings. The second-order valence-corrected chi connectivity index (χ2v) is 25.5. The molecule has 5 rings (SSSR count). The maximum absolute atomic E-state index is 13.6. The van der Waals surface area contributed by atoms with Crippen LogP contribution < -0.4 is 9.62 Å². The highest BCUT2D eigenvalue weighted by molar-refractivity contribution is 7.90. The van der Waals surface area contributed by atoms with Gasteiger partial charge in [0.1, 0.15) is 4.90 Å². The lowest BCUT2D eigenvalue weighted by Gasteiger charge is -2.34. The molecule has 1 aliphatic heterocycles. The number of aliphatic carboxylic acids is 1. The number of methoxy groups -OCH3 is 1. The number of nitrogens with zero attached hydrogens (tertiary/aromatic N) is 1. The molecule has 0 saturated heterocycles. The molecule has 0 bridgehead atoms. The van der Waals surface area contributed by atoms with Crippen LogP contribution in [-0.4, -0.2) is 104 Å². The van der Waals surface area contributed by atoms with E-state index >= 15 is 0 Å². The van der Waals surface area contributed by atoms with E-state index in [1.807, 2.05) is 18.7 Å². The second kappa shape index (κ2) is 22.2. The van der Waals surface area contributed by atoms with Crippen LogP contribution in [0.15, 0.2) is 128 Å². The first-order valence-electron chi connectivity index (χ1n) is 22.2. The summed E-state index contributed by atoms with van der Waals surface area (Å²) in [5, 5.41) is 9.54. The van der Waals surface area contributed by atoms with E-state index in [0.29, 0.717) is 65.5 Å². The van der Waals surface area contributed by atoms with Crippen LogP contribution in [0, 0.1) is 6.92 Å². The van der Waals surface area contributed by atoms with Gasteiger partial charge in [-0.3, -0.25) is 23.0 Å². The van der Waals surface area contributed by atoms with E-state index in [1.165, 1.54) is 19.2 Å². The molecule has 0 aromatic heterocycles. The first-order chi connectivity index (χ1) is 33.3. The Kier molecular flexibility index (Phi) is 17.8. The fourth-order valence-corrected chi connectivity index (χ4v) is 12.9. The van der Waals surface area contributed by atoms with E-state index in [1.54, 1.807) is 68.5 Å². The Morgan fingerprint density at radius 3 is 1.93 bits per heavy atom. The van der Waals surface area contributed by atoms with Crippen LogP contribution in [0.1, 0.15) is 76.0 Å². The lowest BCUT2D eigenvalue weighted by Crippen LogP contribution is -2.28. The van der Waals surface area contributed by atoms with E-state index in [-0.39, 0.29) is 54.0 Å². The summed E-state index contributed by atoms with van der Waals surface area (Å²) < 4.78 is 173. The number of nitrogens with one attached hydrogen (secondary N) is 1. The van der Waals surface area contributed by atoms with E-state index in [9.17, 15) is 65.1 Å². The van der Waals surface area contributed by atoms with Crippen molar-refractivity contribution in [3.63, 3.8) is 0 Å². The van der Waals surface area contributed by atoms with Crippen molar-refractivity contribution >= 4 is 83.7 Å². The SMILES string of the molecule is C=C(/C=C/C=C/C=C/C=C1/N(CCCCCC(=O)O)c2ccc3c(S(=O)(=O)O)cc(S(=O)(=O)O)cc3c2C1(C)C)C(C)(CCCS(=O)(=O)O)c1c(C)ccc2c(S(=O)(=O)NCCOC)cc(S(=O)(=O)O)cc12. The number of carboxylic acids is 1. The number of rotatable bonds is 24. The maximum atomic E-state index is 13.6. The smallest absolute Gasteiger partial charge is 0.303 e. The Morgan fingerprint density at radius 1 is 0.750 bits per heavy atom. The van der Waals surface area contributed by atoms with Crippen LogP contribution in [-0.2, 0) is 70.9 Å². The minimum Gasteiger partial charge on any atom is -0.481 e. The molecule has 0 radical (unpaired) electrons. The van der Waals surface area contributed by atoms with Gasteiger partial charge in [0.05, 0.1) is 27.0 Å². The van der Waals surface area contributed by atoms with Gasteiger partial charge in [0.15, 0.2) is 0 Å². The summed E-state index contributed by atoms with van der Waals surface area (Å²) in [5.74, 6) is -1.57. The molecule has 1 aliphatic rings. The topological polar surface area (TPSA) is 313 Å². The number of carbonyl (C=O) groups is 1. The normalized spacial score (nSPS) is 16.2. The van der Waals surface area contributed by atoms with E-state index in [4.69, 9.17) is 9.84 Å². The number of ether oxygens (including phenoxy) is 1. The van der Waals surface area contributed by atoms with Crippen LogP contribution in [0.25, 0.3) is 21.5 Å². The third kappa shape index (κ3) is 13.3. The van der Waals surface area contributed by atoms with Crippen molar-refractivity contribution in [1.82, 2.24) is 4.72 Å². The third-order valence-electron chi connectivity index (χ3n) is 12.5. The number of carboxylic acid groups (broad SMARTS) is 1. The van der Waals surface area contributed by atoms with E-state index < -0.39 is 92.6 Å². The van der Waals surface area contributed by atoms with Gasteiger partial charge in [-0.1, -0.05) is 88.4 Å². The number of aryl methyl sites for hydroxylation is 1. The van der Waals surface area contributed by atoms with Gasteiger partial charge in [0, 0.05) is 59.6 Å². The number of fused-ring (bicyclic) bond motifs is 4. The molecule has 24 heteroatoms. The maximum Gasteiger partial charge on any atom is 0.303 e. The molecule has 4 aromatic carbocycles. The van der Waals surface area contributed by atoms with E-state index in [0.717, 1.165) is 18.2 Å². The van der Waals surface area contributed by atoms with Crippen molar-refractivity contribution in [2.45, 2.75) is 96.6 Å². The van der Waals surface area contributed by atoms with Crippen LogP contribution in [0.2, 0.25) is 0 Å². The Bertz CT molecular complexity index is 3510. The summed E-state index contributed by atoms with van der Waals surface area (Å²) in [5.41, 5.74) is 0.856. The van der Waals surface area contributed by atoms with Gasteiger partial charge in [-0.25, -0.2) is 13.1 Å². The molecule has 1 heterocycles. The number of hydrogen-bond acceptors (Lipinski definition) is 13. The highest BCUT2D eigenvalue weighted by atomic mass is 32.2. The number of anilines is 1. The summed E-state index contributed by atoms with van der Waals surface area (Å²) >= 11 is 0. The Balaban J connectivity index is 1.57. The number of benzene rings is 4. The Hall–Kier alpha value is -5.12. The predicted molar refractivity (Wildman–Crippen MR) is 273 cm³/mol. The molecular formula is C48H58N2O17S5. The molecule has 392 valence electrons. The summed E-state index contributed by atoms with van der Waals surface area (Å²) in [6.07, 6.45) is 13.2. The fraction of sp³-hybridized carbons (Fsp3) is 0.354. The van der Waals surface area contributed by atoms with Crippen molar-refractivity contribution in [3.8, 4) is 0 Å². The number of allylic oxidation sites excluding steroid dienone is 9. The standard InChI is InChI=1S/C48H58N2O17S5/c1-32-19-20-36-38(28-34(70(58,59)60)30-41(36)69(56,57)49-24-26-67-6)45(32)48(5,23-15-27-68(53,54)55)33(2)16-11-8-7-9-12-17-43-47(3,4)46-39-29-35(71(61,62)63)31-42(72(64,65)66)37(39)21-22-40(46)50(43)25-14-10-13-18-44(51)52/h7-9,11-12,16-17,19-22,28-31,49H,2,10,13-15,18,23-27H2,1,3-6H3,(H,51,52)(H,53,54,55)(H,58,59,60)(H,61,62,63)(H,64,65,66)/b8-7+,12-9+,16-11+,43-17+. The zero-order valence-electron chi connectivity index (χ0n) is 40.1. The minimum absolute atomic E-state index is 0.00315. The summed E-state index contributed by atoms with van der Waals surface area (Å²) in [4.78, 5) is 10.5. The Morgan fingerprint density at radius 2 is 1.33 bits per heavy atom. The molecule has 6 N–H and O–H groups in total. The Labute approximate surface area is 420 Å². The van der Waals surface area contributed by atoms with Crippen molar-refractivity contribution in [1.29, 1.82) is 0 Å². The second-order valence-electron chi connectivity index (χ2n) is 18.0. The summed E-state index contributed by atoms with van der Waals surface area (Å²) in [6, 6.07) is 10.00. The lowest BCUT2D eigenvalue weighted by atomic mass is 9.70. The van der Waals surface area contributed by atoms with Crippen LogP contribution in [0.3, 0.4) is 0 Å². The highest BCUT2D eigenvalue weighted by Gasteiger charge is 2.42. The molecule has 0 amide bonds. The number of hydrogen-bond donors (Lipinski definition) is 6. The van der Waals surface area contributed by atoms with Crippen molar-refractivity contribution in [2.24, 2.45) is 0 Å². The summed E-state index contributed by atoms with van der Waals surface area (Å²) in [7, 11) is -22.4. The monoisotopic (exact) mass is 1090 g/mol. The predicted octanol–water partition coefficient (Wildman–Crippen LogP) is 7.44. The van der Waals surface area contributed by atoms with Gasteiger partial charge in [-0.15, -0.1) is 0 Å². The number of sulfonamides is 1. The average Bonchev–Trinajstić information content (AvgIpc) is 3.47. The highest BCUT2D eigenvalue weighted by Crippen LogP contribution is 2.52. The minimum atomic E-state index is -4.98. The molecule has 0 saturated carbocycles. The summed E-state index contributed by atoms with van der Waals surface area (Å²) in [6.45, 7) is 11.6. The van der Waals surface area contributed by atoms with Crippen molar-refractivity contribution < 1.29 is 74.9 Å². The van der Waals surface area contributed by atoms with Crippen LogP contribution in [0.4, 0.5) is 5.69 Å². The number of unbranched alkanes of at least 4 members (excludes halogenated alkanes) is 2. The molecule has 1 atom stereocenters. The zero-order chi connectivity index (χ0) is 53.8. The van der Waals surface area contributed by atoms with Gasteiger partial charge in [0.2, 0.25) is 10.0 Å². The van der Waals surface area contributed by atoms with Gasteiger partial charge in [-0.2, -0.15) is 33.7 Å². The lowest BCUT2D eigenvalue weighted by molar-refractivity contribution is -0.137. The molecule has 1 unspecified atom stereocenters. The molecule has 72 heavy (non-hydrogen) atoms. The largest absolute Gasteiger partial charge is 0.481 e. The van der Waals surface area contributed by atoms with Gasteiger partial charge >= 0.3 is 5.97 Å².